The van der Waals surface area contributed by atoms with Crippen LogP contribution >= 0.6 is 0 Å². The SMILES string of the molecule is CCCCC(O)C1(CN)COc2ccccc2C1. The number of hydrogen-bond donors (Lipinski definition) is 2. The molecule has 1 aromatic rings. The predicted octanol–water partition coefficient (Wildman–Crippen LogP) is 2.12. The van der Waals surface area contributed by atoms with Crippen LogP contribution in [0.2, 0.25) is 0 Å². The fourth-order valence-corrected chi connectivity index (χ4v) is 2.63. The van der Waals surface area contributed by atoms with Crippen molar-refractivity contribution in [2.75, 3.05) is 13.2 Å². The molecule has 2 atom stereocenters. The van der Waals surface area contributed by atoms with Crippen LogP contribution in [0.3, 0.4) is 0 Å². The zero-order valence-corrected chi connectivity index (χ0v) is 11.1. The van der Waals surface area contributed by atoms with Crippen molar-refractivity contribution < 1.29 is 9.84 Å². The highest BCUT2D eigenvalue weighted by Gasteiger charge is 2.40. The first-order valence-corrected chi connectivity index (χ1v) is 6.80. The molecule has 0 saturated heterocycles. The lowest BCUT2D eigenvalue weighted by Gasteiger charge is -2.40. The van der Waals surface area contributed by atoms with Gasteiger partial charge < -0.3 is 15.6 Å². The highest BCUT2D eigenvalue weighted by atomic mass is 16.5. The Balaban J connectivity index is 2.15. The van der Waals surface area contributed by atoms with Crippen LogP contribution in [0.4, 0.5) is 0 Å². The molecular weight excluding hydrogens is 226 g/mol. The minimum Gasteiger partial charge on any atom is -0.493 e. The maximum Gasteiger partial charge on any atom is 0.122 e. The second-order valence-corrected chi connectivity index (χ2v) is 5.30. The quantitative estimate of drug-likeness (QED) is 0.840. The van der Waals surface area contributed by atoms with E-state index in [1.54, 1.807) is 0 Å². The number of nitrogens with two attached hydrogens (primary N) is 1. The Morgan fingerprint density at radius 3 is 2.94 bits per heavy atom. The van der Waals surface area contributed by atoms with Crippen LogP contribution in [0.5, 0.6) is 5.75 Å². The van der Waals surface area contributed by atoms with Gasteiger partial charge in [-0.25, -0.2) is 0 Å². The van der Waals surface area contributed by atoms with Gasteiger partial charge in [0.25, 0.3) is 0 Å². The maximum absolute atomic E-state index is 10.4. The molecule has 100 valence electrons. The van der Waals surface area contributed by atoms with E-state index >= 15 is 0 Å². The van der Waals surface area contributed by atoms with Crippen LogP contribution in [-0.2, 0) is 6.42 Å². The summed E-state index contributed by atoms with van der Waals surface area (Å²) in [6.45, 7) is 3.12. The molecular formula is C15H23NO2. The van der Waals surface area contributed by atoms with Crippen LogP contribution in [0.1, 0.15) is 31.7 Å². The second-order valence-electron chi connectivity index (χ2n) is 5.30. The van der Waals surface area contributed by atoms with E-state index in [9.17, 15) is 5.11 Å². The molecule has 0 saturated carbocycles. The van der Waals surface area contributed by atoms with Gasteiger partial charge in [-0.1, -0.05) is 38.0 Å². The molecule has 3 nitrogen and oxygen atoms in total. The summed E-state index contributed by atoms with van der Waals surface area (Å²) in [6, 6.07) is 8.02. The van der Waals surface area contributed by atoms with Crippen LogP contribution < -0.4 is 10.5 Å². The lowest BCUT2D eigenvalue weighted by atomic mass is 9.74. The molecule has 1 aliphatic rings. The lowest BCUT2D eigenvalue weighted by Crippen LogP contribution is -2.50. The summed E-state index contributed by atoms with van der Waals surface area (Å²) in [6.07, 6.45) is 3.36. The summed E-state index contributed by atoms with van der Waals surface area (Å²) in [4.78, 5) is 0. The van der Waals surface area contributed by atoms with Gasteiger partial charge >= 0.3 is 0 Å². The zero-order chi connectivity index (χ0) is 13.0. The van der Waals surface area contributed by atoms with E-state index in [-0.39, 0.29) is 11.5 Å². The Hall–Kier alpha value is -1.06. The maximum atomic E-state index is 10.4. The van der Waals surface area contributed by atoms with Crippen LogP contribution in [0.15, 0.2) is 24.3 Å². The largest absolute Gasteiger partial charge is 0.493 e. The summed E-state index contributed by atoms with van der Waals surface area (Å²) < 4.78 is 5.79. The smallest absolute Gasteiger partial charge is 0.122 e. The summed E-state index contributed by atoms with van der Waals surface area (Å²) >= 11 is 0. The number of para-hydroxylation sites is 1. The fourth-order valence-electron chi connectivity index (χ4n) is 2.63. The van der Waals surface area contributed by atoms with Gasteiger partial charge in [-0.2, -0.15) is 0 Å². The van der Waals surface area contributed by atoms with Crippen molar-refractivity contribution in [3.8, 4) is 5.75 Å². The highest BCUT2D eigenvalue weighted by Crippen LogP contribution is 2.37. The van der Waals surface area contributed by atoms with Gasteiger partial charge in [-0.15, -0.1) is 0 Å². The third-order valence-corrected chi connectivity index (χ3v) is 3.97. The Morgan fingerprint density at radius 1 is 1.44 bits per heavy atom. The predicted molar refractivity (Wildman–Crippen MR) is 72.7 cm³/mol. The summed E-state index contributed by atoms with van der Waals surface area (Å²) in [7, 11) is 0. The number of hydrogen-bond acceptors (Lipinski definition) is 3. The molecule has 3 N–H and O–H groups in total. The lowest BCUT2D eigenvalue weighted by molar-refractivity contribution is -0.0197. The average Bonchev–Trinajstić information content (AvgIpc) is 2.44. The Labute approximate surface area is 109 Å². The van der Waals surface area contributed by atoms with Gasteiger partial charge in [0.05, 0.1) is 12.7 Å². The first-order chi connectivity index (χ1) is 8.72. The number of fused-ring (bicyclic) bond motifs is 1. The van der Waals surface area contributed by atoms with Crippen molar-refractivity contribution in [2.45, 2.75) is 38.7 Å². The summed E-state index contributed by atoms with van der Waals surface area (Å²) in [5, 5.41) is 10.4. The normalized spacial score (nSPS) is 24.2. The Bertz CT molecular complexity index is 394. The molecule has 18 heavy (non-hydrogen) atoms. The first kappa shape index (κ1) is 13.4. The molecule has 3 heteroatoms. The van der Waals surface area contributed by atoms with Gasteiger partial charge in [0.1, 0.15) is 5.75 Å². The number of ether oxygens (including phenoxy) is 1. The van der Waals surface area contributed by atoms with Crippen molar-refractivity contribution in [1.82, 2.24) is 0 Å². The van der Waals surface area contributed by atoms with Gasteiger partial charge in [-0.3, -0.25) is 0 Å². The first-order valence-electron chi connectivity index (χ1n) is 6.80. The molecule has 2 unspecified atom stereocenters. The van der Waals surface area contributed by atoms with E-state index < -0.39 is 0 Å². The third-order valence-electron chi connectivity index (χ3n) is 3.97. The van der Waals surface area contributed by atoms with Crippen molar-refractivity contribution in [3.63, 3.8) is 0 Å². The van der Waals surface area contributed by atoms with E-state index in [0.717, 1.165) is 37.0 Å². The van der Waals surface area contributed by atoms with Crippen molar-refractivity contribution in [1.29, 1.82) is 0 Å². The number of rotatable bonds is 5. The molecule has 0 aliphatic carbocycles. The van der Waals surface area contributed by atoms with Gasteiger partial charge in [-0.05, 0) is 24.5 Å². The van der Waals surface area contributed by atoms with Crippen molar-refractivity contribution in [2.24, 2.45) is 11.1 Å². The van der Waals surface area contributed by atoms with E-state index in [1.807, 2.05) is 18.2 Å². The number of benzene rings is 1. The van der Waals surface area contributed by atoms with E-state index in [1.165, 1.54) is 0 Å². The minimum absolute atomic E-state index is 0.316. The average molecular weight is 249 g/mol. The van der Waals surface area contributed by atoms with Crippen LogP contribution in [-0.4, -0.2) is 24.4 Å². The molecule has 1 aromatic carbocycles. The fraction of sp³-hybridized carbons (Fsp3) is 0.600. The van der Waals surface area contributed by atoms with Crippen molar-refractivity contribution >= 4 is 0 Å². The van der Waals surface area contributed by atoms with E-state index in [2.05, 4.69) is 13.0 Å². The standard InChI is InChI=1S/C15H23NO2/c1-2-3-8-14(17)15(10-16)9-12-6-4-5-7-13(12)18-11-15/h4-7,14,17H,2-3,8-11,16H2,1H3. The van der Waals surface area contributed by atoms with Crippen molar-refractivity contribution in [3.05, 3.63) is 29.8 Å². The highest BCUT2D eigenvalue weighted by molar-refractivity contribution is 5.36. The number of aliphatic hydroxyl groups excluding tert-OH is 1. The molecule has 1 heterocycles. The molecule has 0 fully saturated rings. The van der Waals surface area contributed by atoms with E-state index in [4.69, 9.17) is 10.5 Å². The number of unbranched alkanes of at least 4 members (excludes halogenated alkanes) is 1. The molecule has 0 spiro atoms. The molecule has 0 aromatic heterocycles. The Morgan fingerprint density at radius 2 is 2.22 bits per heavy atom. The molecule has 0 bridgehead atoms. The molecule has 2 rings (SSSR count). The molecule has 0 radical (unpaired) electrons. The van der Waals surface area contributed by atoms with E-state index in [0.29, 0.717) is 13.2 Å². The monoisotopic (exact) mass is 249 g/mol. The minimum atomic E-state index is -0.379. The Kier molecular flexibility index (Phi) is 4.25. The van der Waals surface area contributed by atoms with Crippen LogP contribution in [0, 0.1) is 5.41 Å². The topological polar surface area (TPSA) is 55.5 Å². The third kappa shape index (κ3) is 2.52. The number of aliphatic hydroxyl groups is 1. The van der Waals surface area contributed by atoms with Gasteiger partial charge in [0.2, 0.25) is 0 Å². The molecule has 0 amide bonds. The zero-order valence-electron chi connectivity index (χ0n) is 11.1. The molecule has 1 aliphatic heterocycles. The van der Waals surface area contributed by atoms with Gasteiger partial charge in [0, 0.05) is 12.0 Å². The summed E-state index contributed by atoms with van der Waals surface area (Å²) in [5.74, 6) is 0.935. The van der Waals surface area contributed by atoms with Crippen LogP contribution in [0.25, 0.3) is 0 Å². The second kappa shape index (κ2) is 5.72. The van der Waals surface area contributed by atoms with Gasteiger partial charge in [0.15, 0.2) is 0 Å². The summed E-state index contributed by atoms with van der Waals surface area (Å²) in [5.41, 5.74) is 6.77.